The molecule has 0 aromatic heterocycles. The Labute approximate surface area is 120 Å². The second kappa shape index (κ2) is 5.92. The minimum absolute atomic E-state index is 0.00439. The van der Waals surface area contributed by atoms with E-state index in [0.717, 1.165) is 5.56 Å². The summed E-state index contributed by atoms with van der Waals surface area (Å²) in [4.78, 5) is 0. The molecule has 0 unspecified atom stereocenters. The molecule has 0 saturated heterocycles. The second-order valence-corrected chi connectivity index (χ2v) is 4.67. The molecule has 96 valence electrons. The highest BCUT2D eigenvalue weighted by atomic mass is 35.5. The Bertz CT molecular complexity index is 630. The molecule has 2 aromatic carbocycles. The van der Waals surface area contributed by atoms with Gasteiger partial charge in [0.25, 0.3) is 0 Å². The minimum atomic E-state index is -0.538. The van der Waals surface area contributed by atoms with Gasteiger partial charge in [0.15, 0.2) is 0 Å². The van der Waals surface area contributed by atoms with Gasteiger partial charge in [0.2, 0.25) is 0 Å². The zero-order valence-electron chi connectivity index (χ0n) is 9.75. The van der Waals surface area contributed by atoms with Crippen molar-refractivity contribution in [3.05, 3.63) is 63.4 Å². The topological polar surface area (TPSA) is 35.8 Å². The van der Waals surface area contributed by atoms with Crippen LogP contribution in [0.4, 0.5) is 10.1 Å². The first-order chi connectivity index (χ1) is 9.11. The van der Waals surface area contributed by atoms with Gasteiger partial charge in [-0.05, 0) is 30.3 Å². The van der Waals surface area contributed by atoms with Crippen molar-refractivity contribution in [3.63, 3.8) is 0 Å². The van der Waals surface area contributed by atoms with E-state index in [1.54, 1.807) is 30.3 Å². The lowest BCUT2D eigenvalue weighted by Gasteiger charge is -2.10. The van der Waals surface area contributed by atoms with Crippen molar-refractivity contribution in [2.24, 2.45) is 0 Å². The molecule has 19 heavy (non-hydrogen) atoms. The lowest BCUT2D eigenvalue weighted by atomic mass is 10.2. The third kappa shape index (κ3) is 3.17. The van der Waals surface area contributed by atoms with Gasteiger partial charge in [-0.15, -0.1) is 0 Å². The van der Waals surface area contributed by atoms with E-state index in [1.807, 2.05) is 0 Å². The van der Waals surface area contributed by atoms with E-state index in [2.05, 4.69) is 5.32 Å². The summed E-state index contributed by atoms with van der Waals surface area (Å²) in [6.45, 7) is 0.398. The molecule has 5 heteroatoms. The Morgan fingerprint density at radius 3 is 2.47 bits per heavy atom. The zero-order valence-corrected chi connectivity index (χ0v) is 11.3. The number of benzene rings is 2. The quantitative estimate of drug-likeness (QED) is 0.897. The molecule has 0 heterocycles. The lowest BCUT2D eigenvalue weighted by molar-refractivity contribution is 0.624. The smallest absolute Gasteiger partial charge is 0.141 e. The number of nitriles is 1. The van der Waals surface area contributed by atoms with Crippen molar-refractivity contribution < 1.29 is 4.39 Å². The first-order valence-electron chi connectivity index (χ1n) is 5.48. The molecule has 2 nitrogen and oxygen atoms in total. The van der Waals surface area contributed by atoms with Crippen LogP contribution in [0, 0.1) is 17.1 Å². The van der Waals surface area contributed by atoms with Crippen LogP contribution in [0.15, 0.2) is 36.4 Å². The number of anilines is 1. The van der Waals surface area contributed by atoms with Gasteiger partial charge in [0.1, 0.15) is 11.9 Å². The Balaban J connectivity index is 2.17. The van der Waals surface area contributed by atoms with Crippen molar-refractivity contribution in [1.29, 1.82) is 5.26 Å². The summed E-state index contributed by atoms with van der Waals surface area (Å²) < 4.78 is 13.2. The number of rotatable bonds is 3. The molecule has 0 aliphatic heterocycles. The Kier molecular flexibility index (Phi) is 4.26. The maximum Gasteiger partial charge on any atom is 0.141 e. The van der Waals surface area contributed by atoms with Crippen LogP contribution in [0.1, 0.15) is 11.1 Å². The van der Waals surface area contributed by atoms with E-state index >= 15 is 0 Å². The molecule has 2 aromatic rings. The van der Waals surface area contributed by atoms with Gasteiger partial charge < -0.3 is 5.32 Å². The van der Waals surface area contributed by atoms with Crippen molar-refractivity contribution in [2.45, 2.75) is 6.54 Å². The van der Waals surface area contributed by atoms with Gasteiger partial charge >= 0.3 is 0 Å². The molecule has 0 radical (unpaired) electrons. The molecule has 0 spiro atoms. The van der Waals surface area contributed by atoms with Gasteiger partial charge in [0, 0.05) is 27.8 Å². The first-order valence-corrected chi connectivity index (χ1v) is 6.24. The summed E-state index contributed by atoms with van der Waals surface area (Å²) in [5, 5.41) is 12.9. The predicted octanol–water partition coefficient (Wildman–Crippen LogP) is 4.62. The van der Waals surface area contributed by atoms with Crippen LogP contribution in [0.25, 0.3) is 0 Å². The van der Waals surface area contributed by atoms with Crippen LogP contribution in [-0.2, 0) is 6.54 Å². The fourth-order valence-electron chi connectivity index (χ4n) is 1.61. The largest absolute Gasteiger partial charge is 0.381 e. The van der Waals surface area contributed by atoms with Crippen molar-refractivity contribution in [2.75, 3.05) is 5.32 Å². The summed E-state index contributed by atoms with van der Waals surface area (Å²) in [7, 11) is 0. The summed E-state index contributed by atoms with van der Waals surface area (Å²) in [5.41, 5.74) is 1.39. The number of nitrogens with one attached hydrogen (secondary N) is 1. The monoisotopic (exact) mass is 294 g/mol. The highest BCUT2D eigenvalue weighted by molar-refractivity contribution is 6.36. The van der Waals surface area contributed by atoms with E-state index < -0.39 is 5.82 Å². The normalized spacial score (nSPS) is 10.0. The van der Waals surface area contributed by atoms with Crippen LogP contribution in [0.5, 0.6) is 0 Å². The van der Waals surface area contributed by atoms with Gasteiger partial charge in [0.05, 0.1) is 5.56 Å². The molecule has 0 amide bonds. The highest BCUT2D eigenvalue weighted by Gasteiger charge is 2.06. The first kappa shape index (κ1) is 13.7. The third-order valence-electron chi connectivity index (χ3n) is 2.62. The molecule has 0 aliphatic rings. The van der Waals surface area contributed by atoms with Crippen molar-refractivity contribution in [1.82, 2.24) is 0 Å². The number of nitrogens with zero attached hydrogens (tertiary/aromatic N) is 1. The molecule has 0 aliphatic carbocycles. The molecule has 0 bridgehead atoms. The van der Waals surface area contributed by atoms with Gasteiger partial charge in [-0.2, -0.15) is 5.26 Å². The van der Waals surface area contributed by atoms with Gasteiger partial charge in [-0.25, -0.2) is 4.39 Å². The molecule has 0 fully saturated rings. The van der Waals surface area contributed by atoms with Crippen LogP contribution in [0.3, 0.4) is 0 Å². The van der Waals surface area contributed by atoms with Gasteiger partial charge in [-0.3, -0.25) is 0 Å². The van der Waals surface area contributed by atoms with Crippen molar-refractivity contribution in [3.8, 4) is 6.07 Å². The van der Waals surface area contributed by atoms with E-state index in [-0.39, 0.29) is 5.56 Å². The number of hydrogen-bond acceptors (Lipinski definition) is 2. The SMILES string of the molecule is N#Cc1cc(NCc2c(Cl)cccc2Cl)ccc1F. The summed E-state index contributed by atoms with van der Waals surface area (Å²) >= 11 is 12.1. The second-order valence-electron chi connectivity index (χ2n) is 3.86. The summed E-state index contributed by atoms with van der Waals surface area (Å²) in [6, 6.07) is 11.3. The fourth-order valence-corrected chi connectivity index (χ4v) is 2.14. The average molecular weight is 295 g/mol. The molecule has 2 rings (SSSR count). The van der Waals surface area contributed by atoms with Crippen molar-refractivity contribution >= 4 is 28.9 Å². The minimum Gasteiger partial charge on any atom is -0.381 e. The van der Waals surface area contributed by atoms with E-state index in [1.165, 1.54) is 12.1 Å². The van der Waals surface area contributed by atoms with E-state index in [0.29, 0.717) is 22.3 Å². The maximum atomic E-state index is 13.2. The van der Waals surface area contributed by atoms with E-state index in [9.17, 15) is 4.39 Å². The summed E-state index contributed by atoms with van der Waals surface area (Å²) in [6.07, 6.45) is 0. The molecule has 0 atom stereocenters. The fraction of sp³-hybridized carbons (Fsp3) is 0.0714. The van der Waals surface area contributed by atoms with Gasteiger partial charge in [-0.1, -0.05) is 29.3 Å². The number of halogens is 3. The Morgan fingerprint density at radius 1 is 1.16 bits per heavy atom. The molecular formula is C14H9Cl2FN2. The van der Waals surface area contributed by atoms with E-state index in [4.69, 9.17) is 28.5 Å². The number of hydrogen-bond donors (Lipinski definition) is 1. The van der Waals surface area contributed by atoms with Crippen LogP contribution in [-0.4, -0.2) is 0 Å². The Morgan fingerprint density at radius 2 is 1.84 bits per heavy atom. The highest BCUT2D eigenvalue weighted by Crippen LogP contribution is 2.25. The van der Waals surface area contributed by atoms with Crippen LogP contribution >= 0.6 is 23.2 Å². The van der Waals surface area contributed by atoms with Crippen LogP contribution < -0.4 is 5.32 Å². The maximum absolute atomic E-state index is 13.2. The third-order valence-corrected chi connectivity index (χ3v) is 3.33. The van der Waals surface area contributed by atoms with Crippen LogP contribution in [0.2, 0.25) is 10.0 Å². The Hall–Kier alpha value is -1.76. The molecular weight excluding hydrogens is 286 g/mol. The predicted molar refractivity (Wildman–Crippen MR) is 74.9 cm³/mol. The average Bonchev–Trinajstić information content (AvgIpc) is 2.40. The lowest BCUT2D eigenvalue weighted by Crippen LogP contribution is -2.01. The zero-order chi connectivity index (χ0) is 13.8. The molecule has 0 saturated carbocycles. The molecule has 1 N–H and O–H groups in total. The summed E-state index contributed by atoms with van der Waals surface area (Å²) in [5.74, 6) is -0.538. The standard InChI is InChI=1S/C14H9Cl2FN2/c15-12-2-1-3-13(16)11(12)8-19-10-4-5-14(17)9(6-10)7-18/h1-6,19H,8H2.